The van der Waals surface area contributed by atoms with Gasteiger partial charge in [-0.2, -0.15) is 0 Å². The first-order valence-corrected chi connectivity index (χ1v) is 18.8. The molecule has 2 unspecified atom stereocenters. The minimum Gasteiger partial charge on any atom is -0.481 e. The molecular formula is C39H54N8O7. The molecule has 4 aromatic rings. The molecule has 0 bridgehead atoms. The van der Waals surface area contributed by atoms with Gasteiger partial charge in [0, 0.05) is 56.8 Å². The molecular weight excluding hydrogens is 692 g/mol. The number of fused-ring (bicyclic) bond motifs is 1. The van der Waals surface area contributed by atoms with Crippen molar-refractivity contribution in [2.75, 3.05) is 25.4 Å². The molecule has 2 heterocycles. The highest BCUT2D eigenvalue weighted by molar-refractivity contribution is 6.07. The zero-order valence-corrected chi connectivity index (χ0v) is 31.3. The van der Waals surface area contributed by atoms with Crippen LogP contribution < -0.4 is 33.3 Å². The third-order valence-electron chi connectivity index (χ3n) is 9.41. The lowest BCUT2D eigenvalue weighted by molar-refractivity contribution is -0.137. The van der Waals surface area contributed by atoms with E-state index in [2.05, 4.69) is 10.6 Å². The number of aryl methyl sites for hydroxylation is 2. The number of carboxylic acids is 1. The molecule has 0 saturated heterocycles. The highest BCUT2D eigenvalue weighted by Crippen LogP contribution is 2.22. The molecule has 8 N–H and O–H groups in total. The lowest BCUT2D eigenvalue weighted by Crippen LogP contribution is -2.42. The van der Waals surface area contributed by atoms with Gasteiger partial charge in [-0.3, -0.25) is 28.3 Å². The van der Waals surface area contributed by atoms with E-state index in [0.29, 0.717) is 68.8 Å². The van der Waals surface area contributed by atoms with Gasteiger partial charge in [-0.25, -0.2) is 9.78 Å². The van der Waals surface area contributed by atoms with Crippen molar-refractivity contribution in [2.45, 2.75) is 103 Å². The van der Waals surface area contributed by atoms with Crippen LogP contribution in [0.25, 0.3) is 11.2 Å². The van der Waals surface area contributed by atoms with E-state index in [1.165, 1.54) is 15.2 Å². The highest BCUT2D eigenvalue weighted by Gasteiger charge is 2.27. The number of aliphatic hydroxyl groups is 1. The number of hydrogen-bond acceptors (Lipinski definition) is 10. The molecule has 2 aromatic heterocycles. The van der Waals surface area contributed by atoms with Crippen molar-refractivity contribution < 1.29 is 24.6 Å². The van der Waals surface area contributed by atoms with Gasteiger partial charge in [-0.15, -0.1) is 0 Å². The van der Waals surface area contributed by atoms with E-state index in [0.717, 1.165) is 18.4 Å². The molecule has 0 aliphatic rings. The molecule has 0 aliphatic carbocycles. The number of unbranched alkanes of at least 4 members (excludes halogenated alkanes) is 2. The lowest BCUT2D eigenvalue weighted by Gasteiger charge is -2.18. The van der Waals surface area contributed by atoms with Crippen LogP contribution in [0.4, 0.5) is 5.69 Å². The number of nitrogens with one attached hydrogen (secondary N) is 2. The summed E-state index contributed by atoms with van der Waals surface area (Å²) in [5.41, 5.74) is 13.3. The average molecular weight is 747 g/mol. The predicted molar refractivity (Wildman–Crippen MR) is 208 cm³/mol. The first-order chi connectivity index (χ1) is 26.0. The fourth-order valence-corrected chi connectivity index (χ4v) is 6.44. The maximum atomic E-state index is 14.0. The van der Waals surface area contributed by atoms with Gasteiger partial charge in [0.25, 0.3) is 5.56 Å². The van der Waals surface area contributed by atoms with E-state index in [1.807, 2.05) is 48.7 Å². The molecule has 0 saturated carbocycles. The second-order valence-corrected chi connectivity index (χ2v) is 13.5. The van der Waals surface area contributed by atoms with E-state index in [1.54, 1.807) is 12.1 Å². The number of amides is 1. The standard InChI is InChI=1S/C39H54N8O7/c1-3-20-47-38(53)35-37(44-31(23-26-12-7-5-8-13-26)45(35)22-19-42-25-28(48)4-2)46(39(47)54)21-17-27-14-11-15-29(34(27)41)36(52)30(24-33(50)51)43-32(49)16-9-6-10-18-40/h5,7-8,11-15,28,30,42,48H,3-4,6,9-10,16-25,40-41H2,1-2H3,(H,43,49)(H,50,51). The van der Waals surface area contributed by atoms with Crippen molar-refractivity contribution in [3.8, 4) is 0 Å². The second kappa shape index (κ2) is 20.4. The van der Waals surface area contributed by atoms with Crippen LogP contribution in [0.1, 0.15) is 86.1 Å². The SMILES string of the molecule is CCCn1c(=O)c2c(nc(Cc3ccccc3)n2CCNCC(O)CC)n(CCc2cccc(C(=O)C(CC(=O)O)NC(=O)CCCCCN)c2N)c1=O. The zero-order valence-electron chi connectivity index (χ0n) is 31.3. The van der Waals surface area contributed by atoms with Crippen molar-refractivity contribution >= 4 is 34.5 Å². The largest absolute Gasteiger partial charge is 0.481 e. The fourth-order valence-electron chi connectivity index (χ4n) is 6.44. The van der Waals surface area contributed by atoms with Crippen LogP contribution in [0.5, 0.6) is 0 Å². The molecule has 2 atom stereocenters. The summed E-state index contributed by atoms with van der Waals surface area (Å²) in [6.45, 7) is 5.76. The van der Waals surface area contributed by atoms with Gasteiger partial charge in [0.2, 0.25) is 5.91 Å². The molecule has 0 radical (unpaired) electrons. The zero-order chi connectivity index (χ0) is 39.2. The smallest absolute Gasteiger partial charge is 0.332 e. The van der Waals surface area contributed by atoms with Crippen LogP contribution in [-0.4, -0.2) is 78.3 Å². The molecule has 2 aromatic carbocycles. The quantitative estimate of drug-likeness (QED) is 0.0366. The number of aromatic nitrogens is 4. The number of para-hydroxylation sites is 1. The van der Waals surface area contributed by atoms with E-state index < -0.39 is 47.5 Å². The van der Waals surface area contributed by atoms with E-state index in [9.17, 15) is 34.2 Å². The van der Waals surface area contributed by atoms with Crippen LogP contribution in [0, 0.1) is 0 Å². The summed E-state index contributed by atoms with van der Waals surface area (Å²) in [6.07, 6.45) is 2.79. The maximum absolute atomic E-state index is 14.0. The summed E-state index contributed by atoms with van der Waals surface area (Å²) in [5, 5.41) is 25.4. The Balaban J connectivity index is 1.70. The van der Waals surface area contributed by atoms with Crippen LogP contribution in [-0.2, 0) is 42.1 Å². The predicted octanol–water partition coefficient (Wildman–Crippen LogP) is 2.21. The molecule has 0 fully saturated rings. The summed E-state index contributed by atoms with van der Waals surface area (Å²) in [7, 11) is 0. The fraction of sp³-hybridized carbons (Fsp3) is 0.487. The molecule has 0 spiro atoms. The number of Topliss-reactive ketones (excluding diaryl/α,β-unsaturated/α-hetero) is 1. The summed E-state index contributed by atoms with van der Waals surface area (Å²) in [4.78, 5) is 70.9. The number of nitrogens with two attached hydrogens (primary N) is 2. The number of aliphatic carboxylic acids is 1. The minimum absolute atomic E-state index is 0.0609. The maximum Gasteiger partial charge on any atom is 0.332 e. The summed E-state index contributed by atoms with van der Waals surface area (Å²) in [5.74, 6) is -1.72. The molecule has 0 aliphatic heterocycles. The number of imidazole rings is 1. The number of ketones is 1. The Hall–Kier alpha value is -5.12. The lowest BCUT2D eigenvalue weighted by atomic mass is 9.96. The Labute approximate surface area is 314 Å². The van der Waals surface area contributed by atoms with E-state index >= 15 is 0 Å². The van der Waals surface area contributed by atoms with Crippen molar-refractivity contribution in [1.82, 2.24) is 29.3 Å². The Bertz CT molecular complexity index is 2000. The van der Waals surface area contributed by atoms with Gasteiger partial charge < -0.3 is 36.9 Å². The van der Waals surface area contributed by atoms with E-state index in [4.69, 9.17) is 16.5 Å². The third kappa shape index (κ3) is 10.7. The van der Waals surface area contributed by atoms with Crippen LogP contribution in [0.3, 0.4) is 0 Å². The number of carbonyl (C=O) groups excluding carboxylic acids is 2. The number of aliphatic hydroxyl groups excluding tert-OH is 1. The third-order valence-corrected chi connectivity index (χ3v) is 9.41. The summed E-state index contributed by atoms with van der Waals surface area (Å²) < 4.78 is 4.54. The molecule has 15 heteroatoms. The van der Waals surface area contributed by atoms with Crippen molar-refractivity contribution in [2.24, 2.45) is 5.73 Å². The van der Waals surface area contributed by atoms with Crippen LogP contribution in [0.2, 0.25) is 0 Å². The monoisotopic (exact) mass is 746 g/mol. The van der Waals surface area contributed by atoms with Gasteiger partial charge >= 0.3 is 11.7 Å². The molecule has 15 nitrogen and oxygen atoms in total. The molecule has 54 heavy (non-hydrogen) atoms. The van der Waals surface area contributed by atoms with Crippen molar-refractivity contribution in [3.63, 3.8) is 0 Å². The van der Waals surface area contributed by atoms with Crippen molar-refractivity contribution in [1.29, 1.82) is 0 Å². The minimum atomic E-state index is -1.33. The van der Waals surface area contributed by atoms with Crippen LogP contribution in [0.15, 0.2) is 58.1 Å². The molecule has 4 rings (SSSR count). The number of carbonyl (C=O) groups is 3. The van der Waals surface area contributed by atoms with Gasteiger partial charge in [0.1, 0.15) is 11.9 Å². The number of nitrogens with zero attached hydrogens (tertiary/aromatic N) is 4. The summed E-state index contributed by atoms with van der Waals surface area (Å²) in [6, 6.07) is 13.2. The average Bonchev–Trinajstić information content (AvgIpc) is 3.51. The molecule has 292 valence electrons. The Morgan fingerprint density at radius 1 is 0.926 bits per heavy atom. The first-order valence-electron chi connectivity index (χ1n) is 18.8. The van der Waals surface area contributed by atoms with Crippen molar-refractivity contribution in [3.05, 3.63) is 91.9 Å². The topological polar surface area (TPSA) is 230 Å². The number of benzene rings is 2. The molecule has 1 amide bonds. The van der Waals surface area contributed by atoms with E-state index in [-0.39, 0.29) is 42.8 Å². The Kier molecular flexibility index (Phi) is 15.7. The Morgan fingerprint density at radius 3 is 2.37 bits per heavy atom. The highest BCUT2D eigenvalue weighted by atomic mass is 16.4. The van der Waals surface area contributed by atoms with Gasteiger partial charge in [-0.1, -0.05) is 62.7 Å². The van der Waals surface area contributed by atoms with Gasteiger partial charge in [-0.05, 0) is 55.8 Å². The number of rotatable bonds is 23. The second-order valence-electron chi connectivity index (χ2n) is 13.5. The number of anilines is 1. The summed E-state index contributed by atoms with van der Waals surface area (Å²) >= 11 is 0. The number of carboxylic acid groups (broad SMARTS) is 1. The number of hydrogen-bond donors (Lipinski definition) is 6. The first kappa shape index (κ1) is 41.6. The normalized spacial score (nSPS) is 12.5. The van der Waals surface area contributed by atoms with Gasteiger partial charge in [0.15, 0.2) is 16.9 Å². The van der Waals surface area contributed by atoms with Crippen LogP contribution >= 0.6 is 0 Å². The Morgan fingerprint density at radius 2 is 1.69 bits per heavy atom. The van der Waals surface area contributed by atoms with Gasteiger partial charge in [0.05, 0.1) is 12.5 Å². The number of nitrogen functional groups attached to an aromatic ring is 1.